The Hall–Kier alpha value is -5.36. The first kappa shape index (κ1) is 41.4. The largest absolute Gasteiger partial charge is 0.496 e. The smallest absolute Gasteiger partial charge is 0.339 e. The van der Waals surface area contributed by atoms with Gasteiger partial charge in [-0.15, -0.1) is 0 Å². The molecule has 312 valence electrons. The lowest BCUT2D eigenvalue weighted by molar-refractivity contribution is -0.0181. The molecule has 0 heterocycles. The van der Waals surface area contributed by atoms with Crippen molar-refractivity contribution in [3.63, 3.8) is 0 Å². The number of methoxy groups -OCH3 is 2. The number of ether oxygens (including phenoxy) is 4. The predicted octanol–water partition coefficient (Wildman–Crippen LogP) is 13.7. The molecule has 6 aromatic rings. The minimum Gasteiger partial charge on any atom is -0.496 e. The fraction of sp³-hybridized carbons (Fsp3) is 0.407. The summed E-state index contributed by atoms with van der Waals surface area (Å²) in [7, 11) is 3.34. The fourth-order valence-corrected chi connectivity index (χ4v) is 10.5. The quantitative estimate of drug-likeness (QED) is 0.128. The van der Waals surface area contributed by atoms with E-state index in [1.54, 1.807) is 14.2 Å². The van der Waals surface area contributed by atoms with Crippen LogP contribution in [-0.4, -0.2) is 38.4 Å². The van der Waals surface area contributed by atoms with E-state index in [0.717, 1.165) is 82.0 Å². The lowest BCUT2D eigenvalue weighted by atomic mass is 9.75. The van der Waals surface area contributed by atoms with Crippen LogP contribution in [0.25, 0.3) is 54.6 Å². The van der Waals surface area contributed by atoms with E-state index in [0.29, 0.717) is 57.4 Å². The van der Waals surface area contributed by atoms with Gasteiger partial charge < -0.3 is 18.9 Å². The van der Waals surface area contributed by atoms with Gasteiger partial charge >= 0.3 is 11.9 Å². The second-order valence-electron chi connectivity index (χ2n) is 18.3. The molecule has 6 heteroatoms. The zero-order chi connectivity index (χ0) is 42.2. The Morgan fingerprint density at radius 3 is 1.27 bits per heavy atom. The third-order valence-corrected chi connectivity index (χ3v) is 13.8. The van der Waals surface area contributed by atoms with Crippen LogP contribution in [0.2, 0.25) is 0 Å². The Morgan fingerprint density at radius 2 is 0.883 bits per heavy atom. The van der Waals surface area contributed by atoms with Gasteiger partial charge in [-0.25, -0.2) is 9.59 Å². The van der Waals surface area contributed by atoms with Gasteiger partial charge in [0.2, 0.25) is 0 Å². The Labute approximate surface area is 355 Å². The average molecular weight is 805 g/mol. The molecule has 6 unspecified atom stereocenters. The molecule has 60 heavy (non-hydrogen) atoms. The van der Waals surface area contributed by atoms with Crippen molar-refractivity contribution < 1.29 is 28.5 Å². The zero-order valence-electron chi connectivity index (χ0n) is 36.5. The molecule has 0 aromatic heterocycles. The van der Waals surface area contributed by atoms with Crippen LogP contribution >= 0.6 is 0 Å². The van der Waals surface area contributed by atoms with E-state index in [4.69, 9.17) is 18.9 Å². The number of benzene rings is 6. The van der Waals surface area contributed by atoms with Crippen LogP contribution in [0.1, 0.15) is 101 Å². The molecule has 0 aliphatic heterocycles. The molecule has 0 radical (unpaired) electrons. The van der Waals surface area contributed by atoms with E-state index in [1.165, 1.54) is 0 Å². The van der Waals surface area contributed by atoms with Crippen molar-refractivity contribution >= 4 is 44.3 Å². The van der Waals surface area contributed by atoms with Crippen molar-refractivity contribution in [1.29, 1.82) is 0 Å². The van der Waals surface area contributed by atoms with Crippen LogP contribution in [0, 0.1) is 35.5 Å². The molecule has 0 spiro atoms. The lowest BCUT2D eigenvalue weighted by Crippen LogP contribution is -2.36. The third-order valence-electron chi connectivity index (χ3n) is 13.8. The van der Waals surface area contributed by atoms with E-state index >= 15 is 0 Å². The minimum atomic E-state index is -0.356. The Balaban J connectivity index is 1.42. The standard InChI is InChI=1S/C54H60O6/c1-31(2)37-21-17-33(5)29-47(37)59-53(55)43-25-23-42-41(49(43)51-39-15-11-9-13-35(39)19-27-45(51)57-7)24-26-44(54(56)60-48-30-34(6)18-22-38(48)32(3)4)50(42)52-40-16-12-10-14-36(40)20-28-46(52)58-8/h9-16,19-20,23-28,31-34,37-38,47-48H,17-18,21-22,29-30H2,1-8H3. The summed E-state index contributed by atoms with van der Waals surface area (Å²) in [6.07, 6.45) is 5.62. The van der Waals surface area contributed by atoms with Crippen LogP contribution in [0.15, 0.2) is 97.1 Å². The highest BCUT2D eigenvalue weighted by Crippen LogP contribution is 2.49. The van der Waals surface area contributed by atoms with E-state index in [-0.39, 0.29) is 36.0 Å². The normalized spacial score (nSPS) is 22.0. The van der Waals surface area contributed by atoms with Crippen LogP contribution in [0.3, 0.4) is 0 Å². The van der Waals surface area contributed by atoms with Crippen molar-refractivity contribution in [2.75, 3.05) is 14.2 Å². The maximum Gasteiger partial charge on any atom is 0.339 e. The van der Waals surface area contributed by atoms with Gasteiger partial charge in [-0.1, -0.05) is 127 Å². The highest BCUT2D eigenvalue weighted by Gasteiger charge is 2.37. The summed E-state index contributed by atoms with van der Waals surface area (Å²) in [5.74, 6) is 2.83. The lowest BCUT2D eigenvalue weighted by Gasteiger charge is -2.37. The zero-order valence-corrected chi connectivity index (χ0v) is 36.5. The molecule has 2 saturated carbocycles. The molecule has 0 N–H and O–H groups in total. The summed E-state index contributed by atoms with van der Waals surface area (Å²) in [6, 6.07) is 32.2. The predicted molar refractivity (Wildman–Crippen MR) is 244 cm³/mol. The first-order valence-corrected chi connectivity index (χ1v) is 22.1. The second-order valence-corrected chi connectivity index (χ2v) is 18.3. The van der Waals surface area contributed by atoms with Gasteiger partial charge in [0.15, 0.2) is 0 Å². The topological polar surface area (TPSA) is 71.1 Å². The van der Waals surface area contributed by atoms with Crippen molar-refractivity contribution in [2.45, 2.75) is 92.3 Å². The van der Waals surface area contributed by atoms with Gasteiger partial charge in [-0.05, 0) is 118 Å². The van der Waals surface area contributed by atoms with Crippen LogP contribution < -0.4 is 9.47 Å². The van der Waals surface area contributed by atoms with Gasteiger partial charge in [0, 0.05) is 22.3 Å². The van der Waals surface area contributed by atoms with E-state index in [9.17, 15) is 9.59 Å². The summed E-state index contributed by atoms with van der Waals surface area (Å²) in [6.45, 7) is 13.4. The Kier molecular flexibility index (Phi) is 11.9. The number of hydrogen-bond acceptors (Lipinski definition) is 6. The Bertz CT molecular complexity index is 2370. The average Bonchev–Trinajstić information content (AvgIpc) is 3.24. The van der Waals surface area contributed by atoms with Crippen molar-refractivity contribution in [1.82, 2.24) is 0 Å². The molecule has 6 atom stereocenters. The van der Waals surface area contributed by atoms with Crippen LogP contribution in [-0.2, 0) is 9.47 Å². The highest BCUT2D eigenvalue weighted by atomic mass is 16.5. The summed E-state index contributed by atoms with van der Waals surface area (Å²) in [5, 5.41) is 5.52. The molecule has 2 aliphatic carbocycles. The summed E-state index contributed by atoms with van der Waals surface area (Å²) < 4.78 is 25.6. The Morgan fingerprint density at radius 1 is 0.483 bits per heavy atom. The third kappa shape index (κ3) is 7.74. The monoisotopic (exact) mass is 804 g/mol. The molecule has 0 amide bonds. The van der Waals surface area contributed by atoms with Crippen LogP contribution in [0.4, 0.5) is 0 Å². The number of esters is 2. The fourth-order valence-electron chi connectivity index (χ4n) is 10.5. The summed E-state index contributed by atoms with van der Waals surface area (Å²) >= 11 is 0. The van der Waals surface area contributed by atoms with Gasteiger partial charge in [0.1, 0.15) is 23.7 Å². The number of rotatable bonds is 10. The first-order chi connectivity index (χ1) is 29.0. The van der Waals surface area contributed by atoms with Crippen LogP contribution in [0.5, 0.6) is 11.5 Å². The maximum atomic E-state index is 14.9. The molecule has 8 rings (SSSR count). The molecule has 2 aliphatic rings. The molecule has 6 aromatic carbocycles. The maximum absolute atomic E-state index is 14.9. The summed E-state index contributed by atoms with van der Waals surface area (Å²) in [4.78, 5) is 29.9. The summed E-state index contributed by atoms with van der Waals surface area (Å²) in [5.41, 5.74) is 3.93. The SMILES string of the molecule is COc1ccc2ccccc2c1-c1c(C(=O)OC2CC(C)CCC2C(C)C)ccc2c(-c3c(OC)ccc4ccccc34)c(C(=O)OC3CC(C)CCC3C(C)C)ccc12. The molecular weight excluding hydrogens is 745 g/mol. The van der Waals surface area contributed by atoms with Gasteiger partial charge in [-0.2, -0.15) is 0 Å². The molecule has 2 fully saturated rings. The molecule has 6 nitrogen and oxygen atoms in total. The number of fused-ring (bicyclic) bond motifs is 3. The number of carbonyl (C=O) groups is 2. The number of carbonyl (C=O) groups excluding carboxylic acids is 2. The van der Waals surface area contributed by atoms with E-state index < -0.39 is 0 Å². The highest BCUT2D eigenvalue weighted by molar-refractivity contribution is 6.21. The van der Waals surface area contributed by atoms with Crippen molar-refractivity contribution in [3.8, 4) is 33.8 Å². The van der Waals surface area contributed by atoms with Crippen molar-refractivity contribution in [3.05, 3.63) is 108 Å². The molecule has 0 bridgehead atoms. The van der Waals surface area contributed by atoms with E-state index in [1.807, 2.05) is 60.7 Å². The van der Waals surface area contributed by atoms with Crippen molar-refractivity contribution in [2.24, 2.45) is 35.5 Å². The number of hydrogen-bond donors (Lipinski definition) is 0. The molecule has 0 saturated heterocycles. The minimum absolute atomic E-state index is 0.191. The van der Waals surface area contributed by atoms with Gasteiger partial charge in [-0.3, -0.25) is 0 Å². The van der Waals surface area contributed by atoms with Gasteiger partial charge in [0.05, 0.1) is 25.3 Å². The van der Waals surface area contributed by atoms with E-state index in [2.05, 4.69) is 77.9 Å². The molecular formula is C54H60O6. The van der Waals surface area contributed by atoms with Gasteiger partial charge in [0.25, 0.3) is 0 Å². The second kappa shape index (κ2) is 17.3. The first-order valence-electron chi connectivity index (χ1n) is 22.1.